The smallest absolute Gasteiger partial charge is 0.233 e. The molecular weight excluding hydrogens is 344 g/mol. The van der Waals surface area contributed by atoms with E-state index in [4.69, 9.17) is 0 Å². The minimum Gasteiger partial charge on any atom is -0.336 e. The zero-order chi connectivity index (χ0) is 18.7. The van der Waals surface area contributed by atoms with E-state index in [1.165, 1.54) is 5.56 Å². The third-order valence-corrected chi connectivity index (χ3v) is 5.80. The van der Waals surface area contributed by atoms with Crippen molar-refractivity contribution in [2.24, 2.45) is 7.05 Å². The average molecular weight is 373 g/mol. The van der Waals surface area contributed by atoms with Gasteiger partial charge in [0.05, 0.1) is 5.75 Å². The Hall–Kier alpha value is -1.79. The molecule has 2 heterocycles. The summed E-state index contributed by atoms with van der Waals surface area (Å²) in [5, 5.41) is 3.38. The van der Waals surface area contributed by atoms with Gasteiger partial charge in [0.1, 0.15) is 11.9 Å². The highest BCUT2D eigenvalue weighted by atomic mass is 32.2. The lowest BCUT2D eigenvalue weighted by Gasteiger charge is -2.35. The van der Waals surface area contributed by atoms with E-state index in [0.717, 1.165) is 30.4 Å². The van der Waals surface area contributed by atoms with Crippen molar-refractivity contribution in [3.8, 4) is 0 Å². The number of nitrogens with zero attached hydrogens (tertiary/aromatic N) is 3. The molecule has 0 spiro atoms. The molecule has 26 heavy (non-hydrogen) atoms. The number of benzene rings is 1. The highest BCUT2D eigenvalue weighted by molar-refractivity contribution is 8.00. The fourth-order valence-electron chi connectivity index (χ4n) is 3.21. The molecule has 2 aromatic rings. The molecule has 1 atom stereocenters. The molecule has 0 aliphatic carbocycles. The molecule has 1 aliphatic rings. The third-order valence-electron chi connectivity index (χ3n) is 4.80. The largest absolute Gasteiger partial charge is 0.336 e. The number of piperazine rings is 1. The predicted octanol–water partition coefficient (Wildman–Crippen LogP) is 2.98. The number of aryl methyl sites for hydroxylation is 1. The minimum absolute atomic E-state index is 0.000108. The first-order valence-electron chi connectivity index (χ1n) is 9.07. The Morgan fingerprint density at radius 2 is 2.04 bits per heavy atom. The van der Waals surface area contributed by atoms with Crippen LogP contribution < -0.4 is 5.32 Å². The van der Waals surface area contributed by atoms with Crippen LogP contribution in [0.2, 0.25) is 0 Å². The van der Waals surface area contributed by atoms with Crippen molar-refractivity contribution < 1.29 is 4.79 Å². The molecular formula is C20H28N4OS. The van der Waals surface area contributed by atoms with Crippen molar-refractivity contribution in [2.75, 3.05) is 25.4 Å². The first-order chi connectivity index (χ1) is 12.4. The number of nitrogens with one attached hydrogen (secondary N) is 1. The lowest BCUT2D eigenvalue weighted by Crippen LogP contribution is -2.50. The van der Waals surface area contributed by atoms with Gasteiger partial charge in [0.25, 0.3) is 0 Å². The Bertz CT molecular complexity index is 748. The number of thioether (sulfide) groups is 1. The van der Waals surface area contributed by atoms with Crippen molar-refractivity contribution >= 4 is 17.7 Å². The van der Waals surface area contributed by atoms with Gasteiger partial charge in [0.15, 0.2) is 0 Å². The van der Waals surface area contributed by atoms with E-state index in [1.807, 2.05) is 22.7 Å². The van der Waals surface area contributed by atoms with Crippen LogP contribution in [-0.2, 0) is 17.3 Å². The van der Waals surface area contributed by atoms with Gasteiger partial charge in [-0.2, -0.15) is 0 Å². The van der Waals surface area contributed by atoms with Crippen LogP contribution in [0.5, 0.6) is 0 Å². The number of carbonyl (C=O) groups is 1. The summed E-state index contributed by atoms with van der Waals surface area (Å²) in [5.41, 5.74) is 1.46. The van der Waals surface area contributed by atoms with Gasteiger partial charge < -0.3 is 14.8 Å². The number of hydrogen-bond acceptors (Lipinski definition) is 4. The van der Waals surface area contributed by atoms with Crippen LogP contribution in [0.25, 0.3) is 0 Å². The number of carbonyl (C=O) groups excluding carboxylic acids is 1. The topological polar surface area (TPSA) is 50.2 Å². The normalized spacial score (nSPS) is 18.2. The second-order valence-electron chi connectivity index (χ2n) is 7.77. The quantitative estimate of drug-likeness (QED) is 0.839. The molecule has 6 heteroatoms. The highest BCUT2D eigenvalue weighted by Gasteiger charge is 2.30. The Kier molecular flexibility index (Phi) is 5.73. The maximum absolute atomic E-state index is 12.9. The van der Waals surface area contributed by atoms with Crippen molar-refractivity contribution in [3.63, 3.8) is 0 Å². The zero-order valence-electron chi connectivity index (χ0n) is 16.0. The number of imidazole rings is 1. The van der Waals surface area contributed by atoms with Crippen LogP contribution in [0, 0.1) is 0 Å². The number of amides is 1. The second-order valence-corrected chi connectivity index (χ2v) is 8.82. The molecule has 1 fully saturated rings. The fraction of sp³-hybridized carbons (Fsp3) is 0.500. The van der Waals surface area contributed by atoms with E-state index < -0.39 is 0 Å². The maximum atomic E-state index is 12.9. The lowest BCUT2D eigenvalue weighted by atomic mass is 9.87. The molecule has 1 saturated heterocycles. The van der Waals surface area contributed by atoms with E-state index >= 15 is 0 Å². The third kappa shape index (κ3) is 4.30. The molecule has 1 N–H and O–H groups in total. The standard InChI is InChI=1S/C20H28N4OS/c1-20(2,3)15-5-7-16(8-6-15)26-14-18(25)24-12-9-21-13-17(24)19-22-10-11-23(19)4/h5-8,10-11,17,21H,9,12-14H2,1-4H3. The van der Waals surface area contributed by atoms with Gasteiger partial charge in [-0.15, -0.1) is 11.8 Å². The summed E-state index contributed by atoms with van der Waals surface area (Å²) in [4.78, 5) is 20.4. The molecule has 1 aromatic heterocycles. The van der Waals surface area contributed by atoms with Gasteiger partial charge >= 0.3 is 0 Å². The molecule has 1 amide bonds. The molecule has 0 saturated carbocycles. The Balaban J connectivity index is 1.64. The highest BCUT2D eigenvalue weighted by Crippen LogP contribution is 2.27. The first kappa shape index (κ1) is 19.0. The van der Waals surface area contributed by atoms with Crippen molar-refractivity contribution in [3.05, 3.63) is 48.0 Å². The minimum atomic E-state index is 0.000108. The van der Waals surface area contributed by atoms with Gasteiger partial charge in [0, 0.05) is 44.0 Å². The monoisotopic (exact) mass is 372 g/mol. The summed E-state index contributed by atoms with van der Waals surface area (Å²) in [6, 6.07) is 8.56. The molecule has 1 aliphatic heterocycles. The summed E-state index contributed by atoms with van der Waals surface area (Å²) in [6.45, 7) is 8.93. The molecule has 0 bridgehead atoms. The Morgan fingerprint density at radius 3 is 2.65 bits per heavy atom. The number of aromatic nitrogens is 2. The first-order valence-corrected chi connectivity index (χ1v) is 10.1. The summed E-state index contributed by atoms with van der Waals surface area (Å²) >= 11 is 1.61. The van der Waals surface area contributed by atoms with E-state index in [2.05, 4.69) is 55.3 Å². The van der Waals surface area contributed by atoms with Crippen LogP contribution >= 0.6 is 11.8 Å². The zero-order valence-corrected chi connectivity index (χ0v) is 16.8. The van der Waals surface area contributed by atoms with Gasteiger partial charge in [-0.3, -0.25) is 4.79 Å². The van der Waals surface area contributed by atoms with Crippen molar-refractivity contribution in [1.82, 2.24) is 19.8 Å². The lowest BCUT2D eigenvalue weighted by molar-refractivity contribution is -0.131. The molecule has 140 valence electrons. The second kappa shape index (κ2) is 7.84. The van der Waals surface area contributed by atoms with Crippen LogP contribution in [0.3, 0.4) is 0 Å². The van der Waals surface area contributed by atoms with Crippen molar-refractivity contribution in [1.29, 1.82) is 0 Å². The molecule has 1 unspecified atom stereocenters. The number of rotatable bonds is 4. The van der Waals surface area contributed by atoms with Crippen LogP contribution in [0.1, 0.15) is 38.2 Å². The van der Waals surface area contributed by atoms with Crippen LogP contribution in [0.4, 0.5) is 0 Å². The SMILES string of the molecule is Cn1ccnc1C1CNCCN1C(=O)CSc1ccc(C(C)(C)C)cc1. The summed E-state index contributed by atoms with van der Waals surface area (Å²) in [7, 11) is 1.98. The number of hydrogen-bond donors (Lipinski definition) is 1. The molecule has 0 radical (unpaired) electrons. The van der Waals surface area contributed by atoms with Gasteiger partial charge in [0.2, 0.25) is 5.91 Å². The van der Waals surface area contributed by atoms with Gasteiger partial charge in [-0.1, -0.05) is 32.9 Å². The Labute approximate surface area is 160 Å². The van der Waals surface area contributed by atoms with Gasteiger partial charge in [-0.05, 0) is 23.1 Å². The molecule has 3 rings (SSSR count). The molecule has 5 nitrogen and oxygen atoms in total. The Morgan fingerprint density at radius 1 is 1.31 bits per heavy atom. The van der Waals surface area contributed by atoms with Crippen LogP contribution in [0.15, 0.2) is 41.6 Å². The fourth-order valence-corrected chi connectivity index (χ4v) is 4.00. The van der Waals surface area contributed by atoms with E-state index in [9.17, 15) is 4.79 Å². The summed E-state index contributed by atoms with van der Waals surface area (Å²) in [5.74, 6) is 1.56. The van der Waals surface area contributed by atoms with Crippen molar-refractivity contribution in [2.45, 2.75) is 37.1 Å². The maximum Gasteiger partial charge on any atom is 0.233 e. The van der Waals surface area contributed by atoms with E-state index in [1.54, 1.807) is 18.0 Å². The van der Waals surface area contributed by atoms with Crippen LogP contribution in [-0.4, -0.2) is 45.7 Å². The molecule has 1 aromatic carbocycles. The average Bonchev–Trinajstić information content (AvgIpc) is 3.05. The van der Waals surface area contributed by atoms with E-state index in [-0.39, 0.29) is 17.4 Å². The predicted molar refractivity (Wildman–Crippen MR) is 106 cm³/mol. The van der Waals surface area contributed by atoms with Gasteiger partial charge in [-0.25, -0.2) is 4.98 Å². The summed E-state index contributed by atoms with van der Waals surface area (Å²) < 4.78 is 2.00. The summed E-state index contributed by atoms with van der Waals surface area (Å²) in [6.07, 6.45) is 3.72. The van der Waals surface area contributed by atoms with E-state index in [0.29, 0.717) is 5.75 Å².